The van der Waals surface area contributed by atoms with E-state index in [1.165, 1.54) is 4.90 Å². The molecule has 1 aliphatic carbocycles. The van der Waals surface area contributed by atoms with Crippen LogP contribution in [0.5, 0.6) is 0 Å². The molecule has 1 fully saturated rings. The number of carbonyl (C=O) groups is 3. The van der Waals surface area contributed by atoms with Crippen LogP contribution < -0.4 is 20.4 Å². The first-order valence-corrected chi connectivity index (χ1v) is 12.8. The third-order valence-electron chi connectivity index (χ3n) is 7.24. The third kappa shape index (κ3) is 5.59. The fourth-order valence-corrected chi connectivity index (χ4v) is 4.37. The Morgan fingerprint density at radius 2 is 1.81 bits per heavy atom. The number of nitrogens with one attached hydrogen (secondary N) is 2. The normalized spacial score (nSPS) is 17.4. The average molecular weight is 492 g/mol. The van der Waals surface area contributed by atoms with Crippen molar-refractivity contribution in [1.82, 2.24) is 15.6 Å². The maximum Gasteiger partial charge on any atom is 0.251 e. The van der Waals surface area contributed by atoms with Gasteiger partial charge in [-0.15, -0.1) is 0 Å². The van der Waals surface area contributed by atoms with Crippen LogP contribution in [-0.4, -0.2) is 47.9 Å². The van der Waals surface area contributed by atoms with Gasteiger partial charge in [0.05, 0.1) is 24.0 Å². The lowest BCUT2D eigenvalue weighted by Crippen LogP contribution is -2.52. The van der Waals surface area contributed by atoms with Crippen molar-refractivity contribution in [2.75, 3.05) is 22.9 Å². The minimum atomic E-state index is -0.219. The standard InChI is InChI=1S/C28H37N5O3/c1-6-22(19-11-13-29-14-12-19)31-27(36)20-7-10-23-24(15-20)32(17-26(35)33(23)21-8-9-21)25(34)16-30-18(2)28(3,4)5/h7,10-15,18,21-22,30H,6,8-9,16-17H2,1-5H3,(H,31,36)/t18-,22?/m0/s1. The van der Waals surface area contributed by atoms with Crippen LogP contribution in [0.25, 0.3) is 0 Å². The molecule has 8 heteroatoms. The van der Waals surface area contributed by atoms with E-state index in [0.717, 1.165) is 24.8 Å². The molecule has 2 atom stereocenters. The zero-order valence-corrected chi connectivity index (χ0v) is 21.9. The number of amides is 3. The Morgan fingerprint density at radius 3 is 2.42 bits per heavy atom. The van der Waals surface area contributed by atoms with Crippen molar-refractivity contribution >= 4 is 29.1 Å². The third-order valence-corrected chi connectivity index (χ3v) is 7.24. The van der Waals surface area contributed by atoms with E-state index in [1.807, 2.05) is 26.0 Å². The van der Waals surface area contributed by atoms with E-state index in [-0.39, 0.29) is 54.4 Å². The van der Waals surface area contributed by atoms with Gasteiger partial charge in [-0.3, -0.25) is 24.3 Å². The Morgan fingerprint density at radius 1 is 1.11 bits per heavy atom. The number of pyridine rings is 1. The molecule has 1 aromatic carbocycles. The summed E-state index contributed by atoms with van der Waals surface area (Å²) in [5.41, 5.74) is 2.75. The first kappa shape index (κ1) is 25.8. The number of nitrogens with zero attached hydrogens (tertiary/aromatic N) is 3. The summed E-state index contributed by atoms with van der Waals surface area (Å²) in [6.45, 7) is 10.5. The van der Waals surface area contributed by atoms with Gasteiger partial charge >= 0.3 is 0 Å². The van der Waals surface area contributed by atoms with Crippen molar-refractivity contribution in [2.24, 2.45) is 5.41 Å². The quantitative estimate of drug-likeness (QED) is 0.585. The van der Waals surface area contributed by atoms with Gasteiger partial charge in [-0.05, 0) is 67.5 Å². The van der Waals surface area contributed by atoms with Crippen molar-refractivity contribution < 1.29 is 14.4 Å². The largest absolute Gasteiger partial charge is 0.345 e. The van der Waals surface area contributed by atoms with Crippen LogP contribution in [0.2, 0.25) is 0 Å². The van der Waals surface area contributed by atoms with Crippen LogP contribution in [0, 0.1) is 5.41 Å². The summed E-state index contributed by atoms with van der Waals surface area (Å²) in [6, 6.07) is 9.21. The summed E-state index contributed by atoms with van der Waals surface area (Å²) in [7, 11) is 0. The zero-order valence-electron chi connectivity index (χ0n) is 21.9. The molecule has 0 saturated heterocycles. The summed E-state index contributed by atoms with van der Waals surface area (Å²) in [4.78, 5) is 47.0. The topological polar surface area (TPSA) is 94.6 Å². The monoisotopic (exact) mass is 491 g/mol. The van der Waals surface area contributed by atoms with Crippen molar-refractivity contribution in [2.45, 2.75) is 72.0 Å². The van der Waals surface area contributed by atoms with Gasteiger partial charge in [0, 0.05) is 30.0 Å². The van der Waals surface area contributed by atoms with Gasteiger partial charge in [-0.1, -0.05) is 27.7 Å². The van der Waals surface area contributed by atoms with Crippen molar-refractivity contribution in [3.63, 3.8) is 0 Å². The smallest absolute Gasteiger partial charge is 0.251 e. The second kappa shape index (κ2) is 10.4. The lowest BCUT2D eigenvalue weighted by Gasteiger charge is -2.37. The molecule has 2 heterocycles. The van der Waals surface area contributed by atoms with Gasteiger partial charge in [0.2, 0.25) is 11.8 Å². The zero-order chi connectivity index (χ0) is 26.0. The molecule has 36 heavy (non-hydrogen) atoms. The molecule has 0 bridgehead atoms. The number of carbonyl (C=O) groups excluding carboxylic acids is 3. The lowest BCUT2D eigenvalue weighted by atomic mass is 9.88. The van der Waals surface area contributed by atoms with E-state index in [4.69, 9.17) is 0 Å². The van der Waals surface area contributed by atoms with Gasteiger partial charge in [0.1, 0.15) is 6.54 Å². The summed E-state index contributed by atoms with van der Waals surface area (Å²) >= 11 is 0. The molecule has 1 aromatic heterocycles. The SMILES string of the molecule is CCC(NC(=O)c1ccc2c(c1)N(C(=O)CN[C@@H](C)C(C)(C)C)CC(=O)N2C1CC1)c1ccncc1. The maximum absolute atomic E-state index is 13.3. The van der Waals surface area contributed by atoms with E-state index < -0.39 is 0 Å². The predicted molar refractivity (Wildman–Crippen MR) is 141 cm³/mol. The minimum absolute atomic E-state index is 0.00539. The van der Waals surface area contributed by atoms with Crippen LogP contribution in [0.3, 0.4) is 0 Å². The van der Waals surface area contributed by atoms with Crippen LogP contribution in [0.15, 0.2) is 42.7 Å². The van der Waals surface area contributed by atoms with Gasteiger partial charge in [-0.2, -0.15) is 0 Å². The highest BCUT2D eigenvalue weighted by Gasteiger charge is 2.41. The number of hydrogen-bond donors (Lipinski definition) is 2. The van der Waals surface area contributed by atoms with E-state index >= 15 is 0 Å². The van der Waals surface area contributed by atoms with E-state index in [2.05, 4.69) is 36.4 Å². The molecule has 0 spiro atoms. The van der Waals surface area contributed by atoms with Crippen LogP contribution >= 0.6 is 0 Å². The molecule has 2 N–H and O–H groups in total. The maximum atomic E-state index is 13.3. The Kier molecular flexibility index (Phi) is 7.45. The van der Waals surface area contributed by atoms with Crippen LogP contribution in [0.1, 0.15) is 75.8 Å². The fourth-order valence-electron chi connectivity index (χ4n) is 4.37. The summed E-state index contributed by atoms with van der Waals surface area (Å²) in [5, 5.41) is 6.40. The molecular formula is C28H37N5O3. The summed E-state index contributed by atoms with van der Waals surface area (Å²) in [5.74, 6) is -0.483. The second-order valence-electron chi connectivity index (χ2n) is 10.9. The summed E-state index contributed by atoms with van der Waals surface area (Å²) < 4.78 is 0. The molecule has 2 aliphatic rings. The van der Waals surface area contributed by atoms with Crippen molar-refractivity contribution in [1.29, 1.82) is 0 Å². The Balaban J connectivity index is 1.60. The van der Waals surface area contributed by atoms with E-state index in [1.54, 1.807) is 35.5 Å². The van der Waals surface area contributed by atoms with Crippen LogP contribution in [-0.2, 0) is 9.59 Å². The molecule has 1 saturated carbocycles. The highest BCUT2D eigenvalue weighted by Crippen LogP contribution is 2.41. The Labute approximate surface area is 213 Å². The van der Waals surface area contributed by atoms with Crippen molar-refractivity contribution in [3.8, 4) is 0 Å². The number of aromatic nitrogens is 1. The van der Waals surface area contributed by atoms with Crippen molar-refractivity contribution in [3.05, 3.63) is 53.9 Å². The highest BCUT2D eigenvalue weighted by molar-refractivity contribution is 6.13. The van der Waals surface area contributed by atoms with Gasteiger partial charge in [0.25, 0.3) is 5.91 Å². The molecule has 4 rings (SSSR count). The molecule has 2 aromatic rings. The molecule has 192 valence electrons. The number of anilines is 2. The number of fused-ring (bicyclic) bond motifs is 1. The first-order chi connectivity index (χ1) is 17.1. The second-order valence-corrected chi connectivity index (χ2v) is 10.9. The number of rotatable bonds is 8. The van der Waals surface area contributed by atoms with E-state index in [0.29, 0.717) is 16.9 Å². The molecule has 3 amide bonds. The molecular weight excluding hydrogens is 454 g/mol. The van der Waals surface area contributed by atoms with Crippen LogP contribution in [0.4, 0.5) is 11.4 Å². The fraction of sp³-hybridized carbons (Fsp3) is 0.500. The van der Waals surface area contributed by atoms with Gasteiger partial charge in [-0.25, -0.2) is 0 Å². The average Bonchev–Trinajstić information content (AvgIpc) is 3.69. The first-order valence-electron chi connectivity index (χ1n) is 12.8. The van der Waals surface area contributed by atoms with E-state index in [9.17, 15) is 14.4 Å². The minimum Gasteiger partial charge on any atom is -0.345 e. The highest BCUT2D eigenvalue weighted by atomic mass is 16.2. The Bertz CT molecular complexity index is 1120. The molecule has 8 nitrogen and oxygen atoms in total. The molecule has 0 radical (unpaired) electrons. The molecule has 1 aliphatic heterocycles. The molecule has 1 unspecified atom stereocenters. The Hall–Kier alpha value is -3.26. The lowest BCUT2D eigenvalue weighted by molar-refractivity contribution is -0.122. The predicted octanol–water partition coefficient (Wildman–Crippen LogP) is 3.83. The van der Waals surface area contributed by atoms with Gasteiger partial charge < -0.3 is 15.5 Å². The summed E-state index contributed by atoms with van der Waals surface area (Å²) in [6.07, 6.45) is 6.06. The number of hydrogen-bond acceptors (Lipinski definition) is 5. The van der Waals surface area contributed by atoms with Gasteiger partial charge in [0.15, 0.2) is 0 Å². The number of benzene rings is 1.